The van der Waals surface area contributed by atoms with Gasteiger partial charge in [-0.25, -0.2) is 0 Å². The van der Waals surface area contributed by atoms with E-state index in [9.17, 15) is 0 Å². The quantitative estimate of drug-likeness (QED) is 0.521. The topological polar surface area (TPSA) is 49.7 Å². The Labute approximate surface area is 88.3 Å². The van der Waals surface area contributed by atoms with Crippen LogP contribution in [0.5, 0.6) is 5.75 Å². The SMILES string of the molecule is OP(O)Oc1ccccc1.[NaH]. The second-order valence-electron chi connectivity index (χ2n) is 1.66. The van der Waals surface area contributed by atoms with Crippen molar-refractivity contribution in [1.82, 2.24) is 0 Å². The summed E-state index contributed by atoms with van der Waals surface area (Å²) in [5.74, 6) is 0.471. The Morgan fingerprint density at radius 2 is 1.64 bits per heavy atom. The van der Waals surface area contributed by atoms with E-state index in [4.69, 9.17) is 9.79 Å². The average Bonchev–Trinajstić information content (AvgIpc) is 1.88. The van der Waals surface area contributed by atoms with Crippen LogP contribution >= 0.6 is 8.60 Å². The van der Waals surface area contributed by atoms with Gasteiger partial charge in [-0.1, -0.05) is 18.2 Å². The van der Waals surface area contributed by atoms with Gasteiger partial charge in [-0.3, -0.25) is 0 Å². The van der Waals surface area contributed by atoms with E-state index in [1.807, 2.05) is 6.07 Å². The molecule has 0 heterocycles. The van der Waals surface area contributed by atoms with E-state index in [2.05, 4.69) is 4.52 Å². The normalized spacial score (nSPS) is 9.00. The third-order valence-corrected chi connectivity index (χ3v) is 1.30. The van der Waals surface area contributed by atoms with E-state index in [1.165, 1.54) is 0 Å². The molecule has 0 spiro atoms. The van der Waals surface area contributed by atoms with Crippen LogP contribution < -0.4 is 4.52 Å². The van der Waals surface area contributed by atoms with Crippen LogP contribution in [-0.4, -0.2) is 39.3 Å². The van der Waals surface area contributed by atoms with Gasteiger partial charge in [0.25, 0.3) is 0 Å². The standard InChI is InChI=1S/C6H7O3P.Na.H/c7-10(8)9-6-4-2-1-3-5-6;;/h1-5,7-8H;;. The predicted molar refractivity (Wildman–Crippen MR) is 45.6 cm³/mol. The summed E-state index contributed by atoms with van der Waals surface area (Å²) in [6.07, 6.45) is 0. The zero-order valence-electron chi connectivity index (χ0n) is 5.14. The van der Waals surface area contributed by atoms with Crippen molar-refractivity contribution in [1.29, 1.82) is 0 Å². The first-order valence-corrected chi connectivity index (χ1v) is 3.86. The average molecular weight is 182 g/mol. The van der Waals surface area contributed by atoms with Crippen LogP contribution in [-0.2, 0) is 0 Å². The van der Waals surface area contributed by atoms with E-state index in [-0.39, 0.29) is 29.6 Å². The molecular formula is C6H8NaO3P. The third kappa shape index (κ3) is 4.75. The number of benzene rings is 1. The molecule has 0 aliphatic rings. The number of rotatable bonds is 2. The summed E-state index contributed by atoms with van der Waals surface area (Å²) in [7, 11) is -2.28. The van der Waals surface area contributed by atoms with Gasteiger partial charge in [-0.2, -0.15) is 0 Å². The molecule has 1 aromatic rings. The van der Waals surface area contributed by atoms with Crippen LogP contribution in [0.25, 0.3) is 0 Å². The van der Waals surface area contributed by atoms with Crippen molar-refractivity contribution in [3.63, 3.8) is 0 Å². The van der Waals surface area contributed by atoms with Gasteiger partial charge < -0.3 is 14.3 Å². The maximum atomic E-state index is 8.40. The molecule has 11 heavy (non-hydrogen) atoms. The zero-order chi connectivity index (χ0) is 7.40. The molecule has 0 bridgehead atoms. The van der Waals surface area contributed by atoms with E-state index in [0.717, 1.165) is 0 Å². The van der Waals surface area contributed by atoms with Crippen LogP contribution in [0.15, 0.2) is 30.3 Å². The minimum absolute atomic E-state index is 0. The van der Waals surface area contributed by atoms with Crippen molar-refractivity contribution in [2.24, 2.45) is 0 Å². The molecule has 0 unspecified atom stereocenters. The second kappa shape index (κ2) is 5.95. The van der Waals surface area contributed by atoms with Crippen molar-refractivity contribution >= 4 is 38.2 Å². The Balaban J connectivity index is 0.000001000. The third-order valence-electron chi connectivity index (χ3n) is 0.930. The molecule has 2 N–H and O–H groups in total. The Hall–Kier alpha value is 0.370. The Kier molecular flexibility index (Phi) is 6.15. The maximum absolute atomic E-state index is 8.40. The number of hydrogen-bond acceptors (Lipinski definition) is 3. The van der Waals surface area contributed by atoms with Crippen molar-refractivity contribution in [3.05, 3.63) is 30.3 Å². The van der Waals surface area contributed by atoms with Crippen LogP contribution in [0.1, 0.15) is 0 Å². The molecule has 0 atom stereocenters. The fraction of sp³-hybridized carbons (Fsp3) is 0. The summed E-state index contributed by atoms with van der Waals surface area (Å²) in [6, 6.07) is 8.65. The van der Waals surface area contributed by atoms with Gasteiger partial charge in [-0.15, -0.1) is 0 Å². The van der Waals surface area contributed by atoms with Crippen LogP contribution in [0.3, 0.4) is 0 Å². The Morgan fingerprint density at radius 3 is 2.09 bits per heavy atom. The summed E-state index contributed by atoms with van der Waals surface area (Å²) in [5.41, 5.74) is 0. The fourth-order valence-corrected chi connectivity index (χ4v) is 0.886. The van der Waals surface area contributed by atoms with Crippen LogP contribution in [0.4, 0.5) is 0 Å². The first-order chi connectivity index (χ1) is 4.79. The first-order valence-electron chi connectivity index (χ1n) is 2.70. The van der Waals surface area contributed by atoms with Gasteiger partial charge in [0.05, 0.1) is 0 Å². The van der Waals surface area contributed by atoms with Gasteiger partial charge in [0.2, 0.25) is 0 Å². The van der Waals surface area contributed by atoms with E-state index in [0.29, 0.717) is 5.75 Å². The molecule has 1 rings (SSSR count). The van der Waals surface area contributed by atoms with Gasteiger partial charge in [0.15, 0.2) is 0 Å². The number of para-hydroxylation sites is 1. The molecular weight excluding hydrogens is 174 g/mol. The monoisotopic (exact) mass is 182 g/mol. The number of hydrogen-bond donors (Lipinski definition) is 2. The van der Waals surface area contributed by atoms with Crippen molar-refractivity contribution in [2.45, 2.75) is 0 Å². The van der Waals surface area contributed by atoms with Gasteiger partial charge in [0.1, 0.15) is 5.75 Å². The Bertz CT molecular complexity index is 192. The fourth-order valence-electron chi connectivity index (χ4n) is 0.576. The summed E-state index contributed by atoms with van der Waals surface area (Å²) >= 11 is 0. The molecule has 3 nitrogen and oxygen atoms in total. The van der Waals surface area contributed by atoms with Crippen LogP contribution in [0, 0.1) is 0 Å². The molecule has 56 valence electrons. The summed E-state index contributed by atoms with van der Waals surface area (Å²) in [5, 5.41) is 0. The van der Waals surface area contributed by atoms with E-state index < -0.39 is 8.60 Å². The van der Waals surface area contributed by atoms with Crippen molar-refractivity contribution in [3.8, 4) is 5.75 Å². The molecule has 1 aromatic carbocycles. The van der Waals surface area contributed by atoms with Gasteiger partial charge in [0, 0.05) is 0 Å². The van der Waals surface area contributed by atoms with Crippen molar-refractivity contribution in [2.75, 3.05) is 0 Å². The molecule has 0 aliphatic carbocycles. The molecule has 0 saturated heterocycles. The van der Waals surface area contributed by atoms with Crippen LogP contribution in [0.2, 0.25) is 0 Å². The van der Waals surface area contributed by atoms with E-state index >= 15 is 0 Å². The van der Waals surface area contributed by atoms with Gasteiger partial charge >= 0.3 is 38.2 Å². The molecule has 0 saturated carbocycles. The summed E-state index contributed by atoms with van der Waals surface area (Å²) < 4.78 is 4.59. The minimum atomic E-state index is -2.28. The van der Waals surface area contributed by atoms with Gasteiger partial charge in [-0.05, 0) is 12.1 Å². The molecule has 5 heteroatoms. The summed E-state index contributed by atoms with van der Waals surface area (Å²) in [6.45, 7) is 0. The first kappa shape index (κ1) is 11.4. The molecule has 0 radical (unpaired) electrons. The molecule has 0 fully saturated rings. The molecule has 0 aliphatic heterocycles. The zero-order valence-corrected chi connectivity index (χ0v) is 6.03. The predicted octanol–water partition coefficient (Wildman–Crippen LogP) is 0.628. The van der Waals surface area contributed by atoms with E-state index in [1.54, 1.807) is 24.3 Å². The summed E-state index contributed by atoms with van der Waals surface area (Å²) in [4.78, 5) is 16.8. The molecule has 0 aromatic heterocycles. The molecule has 0 amide bonds. The second-order valence-corrected chi connectivity index (χ2v) is 2.35. The Morgan fingerprint density at radius 1 is 1.09 bits per heavy atom. The van der Waals surface area contributed by atoms with Crippen molar-refractivity contribution < 1.29 is 14.3 Å².